The highest BCUT2D eigenvalue weighted by atomic mass is 16.5. The van der Waals surface area contributed by atoms with Crippen molar-refractivity contribution in [2.45, 2.75) is 13.5 Å². The molecule has 116 valence electrons. The lowest BCUT2D eigenvalue weighted by molar-refractivity contribution is -0.142. The Morgan fingerprint density at radius 3 is 1.48 bits per heavy atom. The molecule has 0 saturated heterocycles. The Hall–Kier alpha value is -2.87. The van der Waals surface area contributed by atoms with E-state index in [2.05, 4.69) is 48.5 Å². The van der Waals surface area contributed by atoms with Crippen LogP contribution in [0.2, 0.25) is 0 Å². The van der Waals surface area contributed by atoms with E-state index in [1.54, 1.807) is 0 Å². The number of ether oxygens (including phenoxy) is 1. The van der Waals surface area contributed by atoms with Crippen molar-refractivity contribution in [1.29, 1.82) is 0 Å². The number of carbonyl (C=O) groups excluding carboxylic acids is 1. The third-order valence-electron chi connectivity index (χ3n) is 3.17. The molecule has 0 aliphatic carbocycles. The first kappa shape index (κ1) is 16.5. The molecule has 0 bridgehead atoms. The SMILES string of the molecule is CC(=O)OCc1ccccc1.c1ccc(-c2ccccc2)cc1. The van der Waals surface area contributed by atoms with Crippen LogP contribution in [0.3, 0.4) is 0 Å². The van der Waals surface area contributed by atoms with Gasteiger partial charge >= 0.3 is 5.97 Å². The topological polar surface area (TPSA) is 26.3 Å². The van der Waals surface area contributed by atoms with Gasteiger partial charge in [-0.25, -0.2) is 0 Å². The first-order valence-corrected chi connectivity index (χ1v) is 7.53. The van der Waals surface area contributed by atoms with Crippen LogP contribution in [0.15, 0.2) is 91.0 Å². The third-order valence-corrected chi connectivity index (χ3v) is 3.17. The van der Waals surface area contributed by atoms with Crippen molar-refractivity contribution >= 4 is 5.97 Å². The molecule has 0 atom stereocenters. The Morgan fingerprint density at radius 1 is 0.696 bits per heavy atom. The monoisotopic (exact) mass is 304 g/mol. The predicted octanol–water partition coefficient (Wildman–Crippen LogP) is 5.10. The molecule has 0 aromatic heterocycles. The van der Waals surface area contributed by atoms with E-state index >= 15 is 0 Å². The number of rotatable bonds is 3. The average Bonchev–Trinajstić information content (AvgIpc) is 2.63. The molecule has 0 aliphatic heterocycles. The van der Waals surface area contributed by atoms with E-state index < -0.39 is 0 Å². The molecule has 0 unspecified atom stereocenters. The standard InChI is InChI=1S/C12H10.C9H10O2/c1-3-7-11(8-4-1)12-9-5-2-6-10-12;1-8(10)11-7-9-5-3-2-4-6-9/h1-10H;2-6H,7H2,1H3. The van der Waals surface area contributed by atoms with Crippen LogP contribution >= 0.6 is 0 Å². The fraction of sp³-hybridized carbons (Fsp3) is 0.0952. The molecule has 0 radical (unpaired) electrons. The second-order valence-electron chi connectivity index (χ2n) is 5.00. The lowest BCUT2D eigenvalue weighted by Gasteiger charge is -1.99. The van der Waals surface area contributed by atoms with Gasteiger partial charge < -0.3 is 4.74 Å². The van der Waals surface area contributed by atoms with E-state index in [0.717, 1.165) is 5.56 Å². The van der Waals surface area contributed by atoms with Gasteiger partial charge in [0.05, 0.1) is 0 Å². The van der Waals surface area contributed by atoms with Crippen LogP contribution in [0.5, 0.6) is 0 Å². The van der Waals surface area contributed by atoms with E-state index in [9.17, 15) is 4.79 Å². The van der Waals surface area contributed by atoms with Crippen molar-refractivity contribution in [2.75, 3.05) is 0 Å². The Balaban J connectivity index is 0.000000168. The average molecular weight is 304 g/mol. The summed E-state index contributed by atoms with van der Waals surface area (Å²) in [5.74, 6) is -0.242. The third kappa shape index (κ3) is 6.18. The van der Waals surface area contributed by atoms with Crippen molar-refractivity contribution in [2.24, 2.45) is 0 Å². The van der Waals surface area contributed by atoms with Crippen LogP contribution in [0.4, 0.5) is 0 Å². The summed E-state index contributed by atoms with van der Waals surface area (Å²) < 4.78 is 4.79. The highest BCUT2D eigenvalue weighted by Crippen LogP contribution is 2.17. The Morgan fingerprint density at radius 2 is 1.09 bits per heavy atom. The smallest absolute Gasteiger partial charge is 0.302 e. The van der Waals surface area contributed by atoms with Crippen molar-refractivity contribution in [1.82, 2.24) is 0 Å². The van der Waals surface area contributed by atoms with Crippen LogP contribution in [0.25, 0.3) is 11.1 Å². The van der Waals surface area contributed by atoms with E-state index in [-0.39, 0.29) is 5.97 Å². The number of esters is 1. The highest BCUT2D eigenvalue weighted by Gasteiger charge is 1.93. The van der Waals surface area contributed by atoms with E-state index in [4.69, 9.17) is 4.74 Å². The molecule has 0 amide bonds. The van der Waals surface area contributed by atoms with E-state index in [1.165, 1.54) is 18.1 Å². The summed E-state index contributed by atoms with van der Waals surface area (Å²) in [5.41, 5.74) is 3.57. The molecule has 0 fully saturated rings. The molecule has 3 rings (SSSR count). The van der Waals surface area contributed by atoms with Gasteiger partial charge in [-0.2, -0.15) is 0 Å². The zero-order chi connectivity index (χ0) is 16.3. The maximum Gasteiger partial charge on any atom is 0.302 e. The highest BCUT2D eigenvalue weighted by molar-refractivity contribution is 5.65. The molecular formula is C21H20O2. The molecule has 23 heavy (non-hydrogen) atoms. The Kier molecular flexibility index (Phi) is 6.61. The van der Waals surface area contributed by atoms with Crippen LogP contribution in [-0.4, -0.2) is 5.97 Å². The molecule has 3 aromatic carbocycles. The second-order valence-corrected chi connectivity index (χ2v) is 5.00. The summed E-state index contributed by atoms with van der Waals surface area (Å²) in [6, 6.07) is 30.4. The van der Waals surface area contributed by atoms with Crippen molar-refractivity contribution in [3.63, 3.8) is 0 Å². The second kappa shape index (κ2) is 9.21. The maximum absolute atomic E-state index is 10.4. The molecule has 2 nitrogen and oxygen atoms in total. The van der Waals surface area contributed by atoms with Crippen LogP contribution in [0.1, 0.15) is 12.5 Å². The first-order valence-electron chi connectivity index (χ1n) is 7.53. The summed E-state index contributed by atoms with van der Waals surface area (Å²) in [6.07, 6.45) is 0. The van der Waals surface area contributed by atoms with Gasteiger partial charge in [-0.15, -0.1) is 0 Å². The number of hydrogen-bond donors (Lipinski definition) is 0. The molecule has 0 heterocycles. The van der Waals surface area contributed by atoms with E-state index in [1.807, 2.05) is 42.5 Å². The minimum atomic E-state index is -0.242. The molecule has 0 saturated carbocycles. The van der Waals surface area contributed by atoms with Crippen LogP contribution < -0.4 is 0 Å². The summed E-state index contributed by atoms with van der Waals surface area (Å²) in [4.78, 5) is 10.4. The zero-order valence-electron chi connectivity index (χ0n) is 13.2. The summed E-state index contributed by atoms with van der Waals surface area (Å²) in [7, 11) is 0. The number of benzene rings is 3. The fourth-order valence-corrected chi connectivity index (χ4v) is 2.02. The number of carbonyl (C=O) groups is 1. The normalized spacial score (nSPS) is 9.43. The molecule has 0 N–H and O–H groups in total. The van der Waals surface area contributed by atoms with Gasteiger partial charge in [0, 0.05) is 6.92 Å². The Labute approximate surface area is 137 Å². The largest absolute Gasteiger partial charge is 0.461 e. The van der Waals surface area contributed by atoms with Crippen molar-refractivity contribution in [3.05, 3.63) is 96.6 Å². The lowest BCUT2D eigenvalue weighted by Crippen LogP contribution is -1.97. The van der Waals surface area contributed by atoms with Gasteiger partial charge in [-0.3, -0.25) is 4.79 Å². The van der Waals surface area contributed by atoms with Crippen LogP contribution in [-0.2, 0) is 16.1 Å². The predicted molar refractivity (Wildman–Crippen MR) is 93.8 cm³/mol. The minimum absolute atomic E-state index is 0.242. The molecule has 0 aliphatic rings. The summed E-state index contributed by atoms with van der Waals surface area (Å²) >= 11 is 0. The molecule has 3 aromatic rings. The van der Waals surface area contributed by atoms with Gasteiger partial charge in [-0.05, 0) is 16.7 Å². The quantitative estimate of drug-likeness (QED) is 0.629. The van der Waals surface area contributed by atoms with Gasteiger partial charge in [-0.1, -0.05) is 91.0 Å². The molecule has 0 spiro atoms. The maximum atomic E-state index is 10.4. The minimum Gasteiger partial charge on any atom is -0.461 e. The van der Waals surface area contributed by atoms with Crippen molar-refractivity contribution in [3.8, 4) is 11.1 Å². The lowest BCUT2D eigenvalue weighted by atomic mass is 10.1. The van der Waals surface area contributed by atoms with Gasteiger partial charge in [0.15, 0.2) is 0 Å². The van der Waals surface area contributed by atoms with Gasteiger partial charge in [0.2, 0.25) is 0 Å². The van der Waals surface area contributed by atoms with E-state index in [0.29, 0.717) is 6.61 Å². The molecular weight excluding hydrogens is 284 g/mol. The van der Waals surface area contributed by atoms with Crippen LogP contribution in [0, 0.1) is 0 Å². The Bertz CT molecular complexity index is 654. The summed E-state index contributed by atoms with van der Waals surface area (Å²) in [6.45, 7) is 1.78. The van der Waals surface area contributed by atoms with Crippen molar-refractivity contribution < 1.29 is 9.53 Å². The summed E-state index contributed by atoms with van der Waals surface area (Å²) in [5, 5.41) is 0. The first-order chi connectivity index (χ1) is 11.3. The molecule has 2 heteroatoms. The van der Waals surface area contributed by atoms with Gasteiger partial charge in [0.1, 0.15) is 6.61 Å². The van der Waals surface area contributed by atoms with Gasteiger partial charge in [0.25, 0.3) is 0 Å². The number of hydrogen-bond acceptors (Lipinski definition) is 2. The fourth-order valence-electron chi connectivity index (χ4n) is 2.02. The zero-order valence-corrected chi connectivity index (χ0v) is 13.2.